The zero-order chi connectivity index (χ0) is 25.3. The van der Waals surface area contributed by atoms with Crippen LogP contribution in [0.5, 0.6) is 5.75 Å². The molecule has 0 aliphatic carbocycles. The lowest BCUT2D eigenvalue weighted by Crippen LogP contribution is -2.49. The third-order valence-electron chi connectivity index (χ3n) is 5.80. The lowest BCUT2D eigenvalue weighted by atomic mass is 10.0. The van der Waals surface area contributed by atoms with Crippen LogP contribution < -0.4 is 9.64 Å². The summed E-state index contributed by atoms with van der Waals surface area (Å²) in [5.41, 5.74) is 2.57. The van der Waals surface area contributed by atoms with Gasteiger partial charge in [-0.05, 0) is 41.5 Å². The highest BCUT2D eigenvalue weighted by atomic mass is 19.3. The van der Waals surface area contributed by atoms with Crippen molar-refractivity contribution in [2.75, 3.05) is 37.7 Å². The van der Waals surface area contributed by atoms with Gasteiger partial charge < -0.3 is 19.3 Å². The monoisotopic (exact) mass is 492 g/mol. The fourth-order valence-corrected chi connectivity index (χ4v) is 3.94. The summed E-state index contributed by atoms with van der Waals surface area (Å²) in [7, 11) is 0. The topological polar surface area (TPSA) is 59.1 Å². The molecule has 1 saturated heterocycles. The van der Waals surface area contributed by atoms with Crippen LogP contribution in [-0.4, -0.2) is 56.2 Å². The number of carbonyl (C=O) groups is 2. The first kappa shape index (κ1) is 24.9. The molecule has 1 aliphatic heterocycles. The van der Waals surface area contributed by atoms with Gasteiger partial charge in [-0.15, -0.1) is 0 Å². The number of esters is 1. The van der Waals surface area contributed by atoms with Gasteiger partial charge in [0.15, 0.2) is 6.61 Å². The molecule has 36 heavy (non-hydrogen) atoms. The second kappa shape index (κ2) is 12.0. The van der Waals surface area contributed by atoms with Crippen molar-refractivity contribution in [2.45, 2.75) is 6.61 Å². The van der Waals surface area contributed by atoms with E-state index in [1.807, 2.05) is 36.4 Å². The molecule has 0 atom stereocenters. The first-order valence-electron chi connectivity index (χ1n) is 11.6. The molecule has 4 rings (SSSR count). The molecule has 8 heteroatoms. The molecule has 3 aromatic carbocycles. The standard InChI is InChI=1S/C28H26F2N2O4/c29-28(30)36-24-13-11-21(12-14-24)19-25(22-7-3-1-4-8-22)27(34)35-20-26(33)32-17-15-31(16-18-32)23-9-5-2-6-10-23/h1-14,19,28H,15-18,20H2/b25-19+. The lowest BCUT2D eigenvalue weighted by molar-refractivity contribution is -0.147. The van der Waals surface area contributed by atoms with Crippen LogP contribution in [0.1, 0.15) is 11.1 Å². The molecule has 1 heterocycles. The highest BCUT2D eigenvalue weighted by Crippen LogP contribution is 2.22. The van der Waals surface area contributed by atoms with Crippen LogP contribution in [-0.2, 0) is 14.3 Å². The maximum atomic E-state index is 13.0. The predicted octanol–water partition coefficient (Wildman–Crippen LogP) is 4.72. The van der Waals surface area contributed by atoms with E-state index in [0.29, 0.717) is 37.3 Å². The summed E-state index contributed by atoms with van der Waals surface area (Å²) < 4.78 is 34.6. The quantitative estimate of drug-likeness (QED) is 0.259. The van der Waals surface area contributed by atoms with Crippen LogP contribution >= 0.6 is 0 Å². The van der Waals surface area contributed by atoms with Crippen molar-refractivity contribution in [3.05, 3.63) is 96.1 Å². The molecular weight excluding hydrogens is 466 g/mol. The van der Waals surface area contributed by atoms with Crippen molar-refractivity contribution in [3.63, 3.8) is 0 Å². The van der Waals surface area contributed by atoms with Gasteiger partial charge in [0.2, 0.25) is 0 Å². The number of alkyl halides is 2. The zero-order valence-corrected chi connectivity index (χ0v) is 19.6. The summed E-state index contributed by atoms with van der Waals surface area (Å²) in [4.78, 5) is 29.6. The van der Waals surface area contributed by atoms with Crippen molar-refractivity contribution >= 4 is 29.2 Å². The summed E-state index contributed by atoms with van der Waals surface area (Å²) in [5, 5.41) is 0. The van der Waals surface area contributed by atoms with Gasteiger partial charge in [0.05, 0.1) is 5.57 Å². The fourth-order valence-electron chi connectivity index (χ4n) is 3.94. The Bertz CT molecular complexity index is 1180. The number of benzene rings is 3. The van der Waals surface area contributed by atoms with Gasteiger partial charge in [-0.25, -0.2) is 4.79 Å². The Balaban J connectivity index is 1.39. The number of para-hydroxylation sites is 1. The number of amides is 1. The van der Waals surface area contributed by atoms with E-state index in [1.54, 1.807) is 47.4 Å². The second-order valence-electron chi connectivity index (χ2n) is 8.15. The number of nitrogens with zero attached hydrogens (tertiary/aromatic N) is 2. The molecule has 0 N–H and O–H groups in total. The number of rotatable bonds is 8. The highest BCUT2D eigenvalue weighted by molar-refractivity contribution is 6.21. The van der Waals surface area contributed by atoms with Crippen molar-refractivity contribution in [1.82, 2.24) is 4.90 Å². The molecule has 3 aromatic rings. The first-order valence-corrected chi connectivity index (χ1v) is 11.6. The van der Waals surface area contributed by atoms with Crippen LogP contribution in [0.4, 0.5) is 14.5 Å². The highest BCUT2D eigenvalue weighted by Gasteiger charge is 2.23. The molecular formula is C28H26F2N2O4. The minimum absolute atomic E-state index is 0.0175. The first-order chi connectivity index (χ1) is 17.5. The van der Waals surface area contributed by atoms with E-state index in [0.717, 1.165) is 5.69 Å². The Labute approximate surface area is 208 Å². The Morgan fingerprint density at radius 3 is 2.06 bits per heavy atom. The summed E-state index contributed by atoms with van der Waals surface area (Å²) in [6.45, 7) is -0.802. The molecule has 0 saturated carbocycles. The summed E-state index contributed by atoms with van der Waals surface area (Å²) in [6.07, 6.45) is 1.59. The van der Waals surface area contributed by atoms with E-state index in [9.17, 15) is 18.4 Å². The molecule has 186 valence electrons. The molecule has 1 fully saturated rings. The number of ether oxygens (including phenoxy) is 2. The van der Waals surface area contributed by atoms with Gasteiger partial charge in [-0.3, -0.25) is 4.79 Å². The normalized spacial score (nSPS) is 14.0. The number of hydrogen-bond acceptors (Lipinski definition) is 5. The Morgan fingerprint density at radius 1 is 0.833 bits per heavy atom. The van der Waals surface area contributed by atoms with Gasteiger partial charge in [-0.1, -0.05) is 60.7 Å². The largest absolute Gasteiger partial charge is 0.452 e. The van der Waals surface area contributed by atoms with Crippen molar-refractivity contribution in [1.29, 1.82) is 0 Å². The summed E-state index contributed by atoms with van der Waals surface area (Å²) in [6, 6.07) is 24.8. The molecule has 0 aromatic heterocycles. The SMILES string of the molecule is O=C(OCC(=O)N1CCN(c2ccccc2)CC1)/C(=C/c1ccc(OC(F)F)cc1)c1ccccc1. The van der Waals surface area contributed by atoms with Crippen molar-refractivity contribution < 1.29 is 27.8 Å². The maximum Gasteiger partial charge on any atom is 0.387 e. The van der Waals surface area contributed by atoms with E-state index in [2.05, 4.69) is 9.64 Å². The molecule has 1 aliphatic rings. The minimum atomic E-state index is -2.92. The van der Waals surface area contributed by atoms with Gasteiger partial charge >= 0.3 is 12.6 Å². The lowest BCUT2D eigenvalue weighted by Gasteiger charge is -2.36. The van der Waals surface area contributed by atoms with E-state index < -0.39 is 12.6 Å². The second-order valence-corrected chi connectivity index (χ2v) is 8.15. The zero-order valence-electron chi connectivity index (χ0n) is 19.6. The van der Waals surface area contributed by atoms with Crippen molar-refractivity contribution in [3.8, 4) is 5.75 Å². The van der Waals surface area contributed by atoms with Gasteiger partial charge in [-0.2, -0.15) is 8.78 Å². The smallest absolute Gasteiger partial charge is 0.387 e. The average Bonchev–Trinajstić information content (AvgIpc) is 2.92. The summed E-state index contributed by atoms with van der Waals surface area (Å²) in [5.74, 6) is -0.883. The number of halogens is 2. The predicted molar refractivity (Wildman–Crippen MR) is 134 cm³/mol. The number of anilines is 1. The Hall–Kier alpha value is -4.20. The van der Waals surface area contributed by atoms with Crippen LogP contribution in [0.15, 0.2) is 84.9 Å². The molecule has 0 radical (unpaired) electrons. The number of hydrogen-bond donors (Lipinski definition) is 0. The number of piperazine rings is 1. The molecule has 6 nitrogen and oxygen atoms in total. The van der Waals surface area contributed by atoms with Crippen LogP contribution in [0, 0.1) is 0 Å². The minimum Gasteiger partial charge on any atom is -0.452 e. The van der Waals surface area contributed by atoms with Gasteiger partial charge in [0.25, 0.3) is 5.91 Å². The van der Waals surface area contributed by atoms with E-state index in [4.69, 9.17) is 4.74 Å². The molecule has 0 bridgehead atoms. The van der Waals surface area contributed by atoms with Gasteiger partial charge in [0.1, 0.15) is 5.75 Å². The van der Waals surface area contributed by atoms with E-state index >= 15 is 0 Å². The maximum absolute atomic E-state index is 13.0. The van der Waals surface area contributed by atoms with E-state index in [1.165, 1.54) is 12.1 Å². The molecule has 1 amide bonds. The van der Waals surface area contributed by atoms with Crippen molar-refractivity contribution in [2.24, 2.45) is 0 Å². The summed E-state index contributed by atoms with van der Waals surface area (Å²) >= 11 is 0. The van der Waals surface area contributed by atoms with E-state index in [-0.39, 0.29) is 23.8 Å². The van der Waals surface area contributed by atoms with Gasteiger partial charge in [0, 0.05) is 31.9 Å². The third-order valence-corrected chi connectivity index (χ3v) is 5.80. The average molecular weight is 493 g/mol. The fraction of sp³-hybridized carbons (Fsp3) is 0.214. The third kappa shape index (κ3) is 6.69. The molecule has 0 spiro atoms. The van der Waals surface area contributed by atoms with Crippen LogP contribution in [0.25, 0.3) is 11.6 Å². The van der Waals surface area contributed by atoms with Crippen LogP contribution in [0.2, 0.25) is 0 Å². The molecule has 0 unspecified atom stereocenters. The number of carbonyl (C=O) groups excluding carboxylic acids is 2. The Morgan fingerprint density at radius 2 is 1.44 bits per heavy atom. The van der Waals surface area contributed by atoms with Crippen LogP contribution in [0.3, 0.4) is 0 Å². The Kier molecular flexibility index (Phi) is 8.28.